The summed E-state index contributed by atoms with van der Waals surface area (Å²) in [6.45, 7) is 2.40. The maximum absolute atomic E-state index is 11.8. The van der Waals surface area contributed by atoms with Crippen molar-refractivity contribution in [1.82, 2.24) is 10.2 Å². The summed E-state index contributed by atoms with van der Waals surface area (Å²) in [6, 6.07) is 9.83. The van der Waals surface area contributed by atoms with Gasteiger partial charge in [-0.15, -0.1) is 0 Å². The standard InChI is InChI=1S/C15H20N2O3/c18-10-4-7-15(14(19)20)12-16-8-9-17(15)11-13-5-2-1-3-6-13/h1-3,5-6,10,16H,4,7-9,11-12H2,(H,19,20). The molecule has 0 aromatic heterocycles. The Bertz CT molecular complexity index is 463. The van der Waals surface area contributed by atoms with Crippen molar-refractivity contribution in [2.45, 2.75) is 24.9 Å². The number of nitrogens with zero attached hydrogens (tertiary/aromatic N) is 1. The van der Waals surface area contributed by atoms with Crippen LogP contribution in [0, 0.1) is 0 Å². The Hall–Kier alpha value is -1.72. The smallest absolute Gasteiger partial charge is 0.325 e. The van der Waals surface area contributed by atoms with Crippen LogP contribution in [0.4, 0.5) is 0 Å². The number of carboxylic acid groups (broad SMARTS) is 1. The lowest BCUT2D eigenvalue weighted by molar-refractivity contribution is -0.154. The molecular formula is C15H20N2O3. The minimum atomic E-state index is -0.991. The molecule has 1 aliphatic heterocycles. The molecule has 0 bridgehead atoms. The lowest BCUT2D eigenvalue weighted by Crippen LogP contribution is -2.65. The van der Waals surface area contributed by atoms with Gasteiger partial charge >= 0.3 is 5.97 Å². The summed E-state index contributed by atoms with van der Waals surface area (Å²) in [7, 11) is 0. The zero-order valence-electron chi connectivity index (χ0n) is 11.4. The fourth-order valence-electron chi connectivity index (χ4n) is 2.73. The number of benzene rings is 1. The Morgan fingerprint density at radius 2 is 2.15 bits per heavy atom. The highest BCUT2D eigenvalue weighted by molar-refractivity contribution is 5.80. The van der Waals surface area contributed by atoms with E-state index in [1.54, 1.807) is 0 Å². The number of hydrogen-bond donors (Lipinski definition) is 2. The molecule has 20 heavy (non-hydrogen) atoms. The summed E-state index contributed by atoms with van der Waals surface area (Å²) in [5.41, 5.74) is 0.0979. The third kappa shape index (κ3) is 3.05. The number of hydrogen-bond acceptors (Lipinski definition) is 4. The zero-order chi connectivity index (χ0) is 14.4. The highest BCUT2D eigenvalue weighted by Crippen LogP contribution is 2.26. The van der Waals surface area contributed by atoms with Gasteiger partial charge in [-0.05, 0) is 12.0 Å². The van der Waals surface area contributed by atoms with Crippen LogP contribution in [0.2, 0.25) is 0 Å². The average Bonchev–Trinajstić information content (AvgIpc) is 2.47. The first-order chi connectivity index (χ1) is 9.69. The average molecular weight is 276 g/mol. The summed E-state index contributed by atoms with van der Waals surface area (Å²) in [4.78, 5) is 24.4. The van der Waals surface area contributed by atoms with Crippen LogP contribution in [-0.2, 0) is 16.1 Å². The molecular weight excluding hydrogens is 256 g/mol. The van der Waals surface area contributed by atoms with E-state index in [0.29, 0.717) is 26.1 Å². The van der Waals surface area contributed by atoms with E-state index < -0.39 is 11.5 Å². The highest BCUT2D eigenvalue weighted by Gasteiger charge is 2.45. The molecule has 1 aromatic carbocycles. The first kappa shape index (κ1) is 14.7. The Balaban J connectivity index is 2.21. The van der Waals surface area contributed by atoms with Crippen molar-refractivity contribution in [3.63, 3.8) is 0 Å². The first-order valence-electron chi connectivity index (χ1n) is 6.86. The molecule has 1 heterocycles. The second kappa shape index (κ2) is 6.63. The van der Waals surface area contributed by atoms with Gasteiger partial charge in [0, 0.05) is 32.6 Å². The molecule has 1 unspecified atom stereocenters. The summed E-state index contributed by atoms with van der Waals surface area (Å²) in [5, 5.41) is 12.8. The molecule has 108 valence electrons. The van der Waals surface area contributed by atoms with Crippen LogP contribution in [0.3, 0.4) is 0 Å². The molecule has 5 heteroatoms. The molecule has 0 radical (unpaired) electrons. The van der Waals surface area contributed by atoms with Gasteiger partial charge in [0.15, 0.2) is 0 Å². The summed E-state index contributed by atoms with van der Waals surface area (Å²) in [5.74, 6) is -0.859. The first-order valence-corrected chi connectivity index (χ1v) is 6.86. The van der Waals surface area contributed by atoms with Gasteiger partial charge in [0.25, 0.3) is 0 Å². The Labute approximate surface area is 118 Å². The third-order valence-corrected chi connectivity index (χ3v) is 3.87. The van der Waals surface area contributed by atoms with Crippen molar-refractivity contribution >= 4 is 12.3 Å². The van der Waals surface area contributed by atoms with E-state index in [1.165, 1.54) is 0 Å². The van der Waals surface area contributed by atoms with Gasteiger partial charge in [0.1, 0.15) is 11.8 Å². The quantitative estimate of drug-likeness (QED) is 0.755. The molecule has 1 aliphatic rings. The zero-order valence-corrected chi connectivity index (χ0v) is 11.4. The molecule has 2 N–H and O–H groups in total. The number of rotatable bonds is 6. The van der Waals surface area contributed by atoms with E-state index in [2.05, 4.69) is 5.32 Å². The number of carbonyl (C=O) groups is 2. The van der Waals surface area contributed by atoms with Crippen molar-refractivity contribution in [3.05, 3.63) is 35.9 Å². The monoisotopic (exact) mass is 276 g/mol. The molecule has 2 rings (SSSR count). The van der Waals surface area contributed by atoms with Gasteiger partial charge < -0.3 is 15.2 Å². The van der Waals surface area contributed by atoms with E-state index in [4.69, 9.17) is 0 Å². The Morgan fingerprint density at radius 3 is 2.80 bits per heavy atom. The molecule has 1 saturated heterocycles. The van der Waals surface area contributed by atoms with Crippen LogP contribution < -0.4 is 5.32 Å². The highest BCUT2D eigenvalue weighted by atomic mass is 16.4. The van der Waals surface area contributed by atoms with Crippen LogP contribution in [0.25, 0.3) is 0 Å². The van der Waals surface area contributed by atoms with Crippen molar-refractivity contribution in [1.29, 1.82) is 0 Å². The fourth-order valence-corrected chi connectivity index (χ4v) is 2.73. The molecule has 1 atom stereocenters. The SMILES string of the molecule is O=CCCC1(C(=O)O)CNCCN1Cc1ccccc1. The van der Waals surface area contributed by atoms with Crippen molar-refractivity contribution in [2.24, 2.45) is 0 Å². The van der Waals surface area contributed by atoms with Gasteiger partial charge in [-0.2, -0.15) is 0 Å². The van der Waals surface area contributed by atoms with Gasteiger partial charge in [0.05, 0.1) is 0 Å². The molecule has 0 saturated carbocycles. The Morgan fingerprint density at radius 1 is 1.40 bits per heavy atom. The van der Waals surface area contributed by atoms with Gasteiger partial charge in [0.2, 0.25) is 0 Å². The lowest BCUT2D eigenvalue weighted by atomic mass is 9.89. The molecule has 0 spiro atoms. The lowest BCUT2D eigenvalue weighted by Gasteiger charge is -2.44. The van der Waals surface area contributed by atoms with Crippen molar-refractivity contribution in [2.75, 3.05) is 19.6 Å². The normalized spacial score (nSPS) is 23.4. The number of piperazine rings is 1. The second-order valence-corrected chi connectivity index (χ2v) is 5.13. The van der Waals surface area contributed by atoms with Crippen molar-refractivity contribution < 1.29 is 14.7 Å². The van der Waals surface area contributed by atoms with Crippen molar-refractivity contribution in [3.8, 4) is 0 Å². The predicted molar refractivity (Wildman–Crippen MR) is 75.4 cm³/mol. The summed E-state index contributed by atoms with van der Waals surface area (Å²) in [6.07, 6.45) is 1.39. The maximum Gasteiger partial charge on any atom is 0.325 e. The van der Waals surface area contributed by atoms with Crippen LogP contribution in [-0.4, -0.2) is 47.4 Å². The molecule has 0 amide bonds. The minimum Gasteiger partial charge on any atom is -0.480 e. The summed E-state index contributed by atoms with van der Waals surface area (Å²) >= 11 is 0. The molecule has 5 nitrogen and oxygen atoms in total. The number of carboxylic acids is 1. The van der Waals surface area contributed by atoms with E-state index in [9.17, 15) is 14.7 Å². The molecule has 0 aliphatic carbocycles. The summed E-state index contributed by atoms with van der Waals surface area (Å²) < 4.78 is 0. The van der Waals surface area contributed by atoms with E-state index in [0.717, 1.165) is 18.4 Å². The predicted octanol–water partition coefficient (Wildman–Crippen LogP) is 0.894. The topological polar surface area (TPSA) is 69.6 Å². The number of aliphatic carboxylic acids is 1. The Kier molecular flexibility index (Phi) is 4.87. The number of aldehydes is 1. The van der Waals surface area contributed by atoms with Crippen LogP contribution in [0.1, 0.15) is 18.4 Å². The van der Waals surface area contributed by atoms with Gasteiger partial charge in [-0.1, -0.05) is 30.3 Å². The minimum absolute atomic E-state index is 0.263. The second-order valence-electron chi connectivity index (χ2n) is 5.13. The third-order valence-electron chi connectivity index (χ3n) is 3.87. The maximum atomic E-state index is 11.8. The van der Waals surface area contributed by atoms with E-state index in [1.807, 2.05) is 35.2 Å². The van der Waals surface area contributed by atoms with Gasteiger partial charge in [-0.25, -0.2) is 0 Å². The van der Waals surface area contributed by atoms with Gasteiger partial charge in [-0.3, -0.25) is 9.69 Å². The molecule has 1 fully saturated rings. The number of carbonyl (C=O) groups excluding carboxylic acids is 1. The van der Waals surface area contributed by atoms with Crippen LogP contribution >= 0.6 is 0 Å². The van der Waals surface area contributed by atoms with Crippen LogP contribution in [0.15, 0.2) is 30.3 Å². The number of nitrogens with one attached hydrogen (secondary N) is 1. The fraction of sp³-hybridized carbons (Fsp3) is 0.467. The van der Waals surface area contributed by atoms with E-state index in [-0.39, 0.29) is 6.42 Å². The van der Waals surface area contributed by atoms with E-state index >= 15 is 0 Å². The molecule has 1 aromatic rings. The van der Waals surface area contributed by atoms with Crippen LogP contribution in [0.5, 0.6) is 0 Å². The largest absolute Gasteiger partial charge is 0.480 e.